The lowest BCUT2D eigenvalue weighted by atomic mass is 9.98. The van der Waals surface area contributed by atoms with Crippen LogP contribution in [0.1, 0.15) is 23.6 Å². The van der Waals surface area contributed by atoms with Crippen LogP contribution in [-0.2, 0) is 23.8 Å². The summed E-state index contributed by atoms with van der Waals surface area (Å²) in [5, 5.41) is 12.1. The molecule has 0 N–H and O–H groups in total. The minimum absolute atomic E-state index is 0.0761. The summed E-state index contributed by atoms with van der Waals surface area (Å²) in [7, 11) is 0. The monoisotopic (exact) mass is 479 g/mol. The van der Waals surface area contributed by atoms with Crippen molar-refractivity contribution < 1.29 is 49.4 Å². The SMILES string of the molecule is CCc1ccc(-c2c([O])cc(F)c(C(F)(F)Oc3cc(F)c(C(F)(F)F)c(F)c3)c2F)cc1. The largest absolute Gasteiger partial charge is 0.432 e. The van der Waals surface area contributed by atoms with Gasteiger partial charge in [0.05, 0.1) is 5.56 Å². The number of hydrogen-bond acceptors (Lipinski definition) is 1. The highest BCUT2D eigenvalue weighted by atomic mass is 19.4. The van der Waals surface area contributed by atoms with E-state index in [1.54, 1.807) is 6.92 Å². The topological polar surface area (TPSA) is 29.1 Å². The van der Waals surface area contributed by atoms with Crippen LogP contribution in [0.3, 0.4) is 0 Å². The lowest BCUT2D eigenvalue weighted by Crippen LogP contribution is -2.26. The number of aryl methyl sites for hydroxylation is 1. The molecule has 0 saturated carbocycles. The molecule has 33 heavy (non-hydrogen) atoms. The van der Waals surface area contributed by atoms with Crippen LogP contribution in [-0.4, -0.2) is 0 Å². The highest BCUT2D eigenvalue weighted by molar-refractivity contribution is 5.72. The van der Waals surface area contributed by atoms with Crippen molar-refractivity contribution in [2.45, 2.75) is 25.6 Å². The quantitative estimate of drug-likeness (QED) is 0.344. The lowest BCUT2D eigenvalue weighted by molar-refractivity contribution is -0.189. The first kappa shape index (κ1) is 24.3. The normalized spacial score (nSPS) is 12.2. The molecule has 0 bridgehead atoms. The van der Waals surface area contributed by atoms with E-state index >= 15 is 0 Å². The van der Waals surface area contributed by atoms with Gasteiger partial charge < -0.3 is 4.74 Å². The molecule has 3 rings (SSSR count). The van der Waals surface area contributed by atoms with E-state index < -0.39 is 63.7 Å². The summed E-state index contributed by atoms with van der Waals surface area (Å²) >= 11 is 0. The predicted molar refractivity (Wildman–Crippen MR) is 97.2 cm³/mol. The molecule has 2 nitrogen and oxygen atoms in total. The summed E-state index contributed by atoms with van der Waals surface area (Å²) in [5.41, 5.74) is -4.71. The number of ether oxygens (including phenoxy) is 1. The van der Waals surface area contributed by atoms with E-state index in [2.05, 4.69) is 4.74 Å². The second-order valence-electron chi connectivity index (χ2n) is 6.85. The lowest BCUT2D eigenvalue weighted by Gasteiger charge is -2.21. The van der Waals surface area contributed by atoms with Crippen molar-refractivity contribution in [3.8, 4) is 22.6 Å². The zero-order valence-electron chi connectivity index (χ0n) is 16.5. The van der Waals surface area contributed by atoms with Gasteiger partial charge in [0.1, 0.15) is 34.3 Å². The van der Waals surface area contributed by atoms with Gasteiger partial charge in [0, 0.05) is 18.2 Å². The van der Waals surface area contributed by atoms with Crippen molar-refractivity contribution in [2.75, 3.05) is 0 Å². The summed E-state index contributed by atoms with van der Waals surface area (Å²) in [6.07, 6.45) is -9.86. The number of hydrogen-bond donors (Lipinski definition) is 0. The maximum atomic E-state index is 14.9. The van der Waals surface area contributed by atoms with E-state index in [1.165, 1.54) is 24.3 Å². The number of benzene rings is 3. The Bertz CT molecular complexity index is 1160. The minimum atomic E-state index is -5.47. The van der Waals surface area contributed by atoms with E-state index in [9.17, 15) is 44.6 Å². The van der Waals surface area contributed by atoms with Crippen LogP contribution in [0.25, 0.3) is 11.1 Å². The molecule has 175 valence electrons. The molecule has 1 radical (unpaired) electrons. The molecule has 0 amide bonds. The molecule has 0 heterocycles. The summed E-state index contributed by atoms with van der Waals surface area (Å²) in [6, 6.07) is 5.13. The van der Waals surface area contributed by atoms with Gasteiger partial charge in [-0.15, -0.1) is 0 Å². The van der Waals surface area contributed by atoms with E-state index in [0.717, 1.165) is 5.56 Å². The van der Waals surface area contributed by atoms with Gasteiger partial charge in [-0.2, -0.15) is 22.0 Å². The van der Waals surface area contributed by atoms with Crippen LogP contribution in [0.2, 0.25) is 0 Å². The number of rotatable bonds is 5. The van der Waals surface area contributed by atoms with Gasteiger partial charge in [0.25, 0.3) is 0 Å². The summed E-state index contributed by atoms with van der Waals surface area (Å²) in [5.74, 6) is -11.3. The average Bonchev–Trinajstić information content (AvgIpc) is 2.65. The van der Waals surface area contributed by atoms with Crippen LogP contribution in [0.4, 0.5) is 39.5 Å². The summed E-state index contributed by atoms with van der Waals surface area (Å²) in [6.45, 7) is 1.80. The van der Waals surface area contributed by atoms with Gasteiger partial charge in [-0.1, -0.05) is 31.2 Å². The van der Waals surface area contributed by atoms with Crippen LogP contribution in [0.15, 0.2) is 42.5 Å². The van der Waals surface area contributed by atoms with Crippen molar-refractivity contribution >= 4 is 0 Å². The van der Waals surface area contributed by atoms with Crippen LogP contribution < -0.4 is 4.74 Å². The molecule has 0 aromatic heterocycles. The van der Waals surface area contributed by atoms with E-state index in [1.807, 2.05) is 0 Å². The highest BCUT2D eigenvalue weighted by Gasteiger charge is 2.44. The molecular weight excluding hydrogens is 467 g/mol. The zero-order chi connectivity index (χ0) is 24.7. The Morgan fingerprint density at radius 1 is 0.788 bits per heavy atom. The Kier molecular flexibility index (Phi) is 6.27. The van der Waals surface area contributed by atoms with Crippen molar-refractivity contribution in [1.82, 2.24) is 0 Å². The fourth-order valence-electron chi connectivity index (χ4n) is 3.12. The zero-order valence-corrected chi connectivity index (χ0v) is 16.5. The predicted octanol–water partition coefficient (Wildman–Crippen LogP) is 7.76. The third-order valence-electron chi connectivity index (χ3n) is 4.67. The highest BCUT2D eigenvalue weighted by Crippen LogP contribution is 2.43. The van der Waals surface area contributed by atoms with Crippen LogP contribution in [0, 0.1) is 23.3 Å². The molecule has 0 fully saturated rings. The second kappa shape index (κ2) is 8.53. The maximum absolute atomic E-state index is 14.9. The van der Waals surface area contributed by atoms with Gasteiger partial charge in [-0.3, -0.25) is 5.11 Å². The minimum Gasteiger partial charge on any atom is -0.429 e. The molecule has 3 aromatic rings. The van der Waals surface area contributed by atoms with E-state index in [-0.39, 0.29) is 23.8 Å². The molecule has 0 aliphatic carbocycles. The Hall–Kier alpha value is -3.37. The molecule has 3 aromatic carbocycles. The van der Waals surface area contributed by atoms with Crippen LogP contribution in [0.5, 0.6) is 11.5 Å². The molecule has 0 aliphatic heterocycles. The summed E-state index contributed by atoms with van der Waals surface area (Å²) in [4.78, 5) is 0. The molecule has 0 spiro atoms. The van der Waals surface area contributed by atoms with E-state index in [0.29, 0.717) is 6.42 Å². The fourth-order valence-corrected chi connectivity index (χ4v) is 3.12. The van der Waals surface area contributed by atoms with Crippen LogP contribution >= 0.6 is 0 Å². The van der Waals surface area contributed by atoms with Crippen molar-refractivity contribution in [3.05, 3.63) is 82.4 Å². The van der Waals surface area contributed by atoms with Crippen molar-refractivity contribution in [3.63, 3.8) is 0 Å². The molecule has 0 saturated heterocycles. The third kappa shape index (κ3) is 4.71. The Morgan fingerprint density at radius 2 is 1.30 bits per heavy atom. The second-order valence-corrected chi connectivity index (χ2v) is 6.85. The molecule has 11 heteroatoms. The van der Waals surface area contributed by atoms with Gasteiger partial charge in [-0.05, 0) is 17.5 Å². The van der Waals surface area contributed by atoms with E-state index in [4.69, 9.17) is 0 Å². The third-order valence-corrected chi connectivity index (χ3v) is 4.67. The number of halogens is 9. The number of alkyl halides is 5. The average molecular weight is 479 g/mol. The fraction of sp³-hybridized carbons (Fsp3) is 0.182. The van der Waals surface area contributed by atoms with Gasteiger partial charge in [0.2, 0.25) is 0 Å². The first-order valence-corrected chi connectivity index (χ1v) is 9.18. The maximum Gasteiger partial charge on any atom is 0.432 e. The van der Waals surface area contributed by atoms with Crippen molar-refractivity contribution in [1.29, 1.82) is 0 Å². The van der Waals surface area contributed by atoms with Crippen molar-refractivity contribution in [2.24, 2.45) is 0 Å². The Balaban J connectivity index is 2.08. The summed E-state index contributed by atoms with van der Waals surface area (Å²) < 4.78 is 128. The molecule has 0 unspecified atom stereocenters. The first-order valence-electron chi connectivity index (χ1n) is 9.18. The molecule has 0 aliphatic rings. The first-order chi connectivity index (χ1) is 15.3. The van der Waals surface area contributed by atoms with Gasteiger partial charge in [0.15, 0.2) is 11.6 Å². The van der Waals surface area contributed by atoms with Gasteiger partial charge in [-0.25, -0.2) is 17.6 Å². The van der Waals surface area contributed by atoms with Gasteiger partial charge >= 0.3 is 12.3 Å². The standard InChI is InChI=1S/C22H12F9O2/c1-2-10-3-5-11(6-4-10)17-16(32)9-15(25)19(20(17)26)22(30,31)33-12-7-13(23)18(14(24)8-12)21(27,28)29/h3-9H,2H2,1H3. The smallest absolute Gasteiger partial charge is 0.429 e. The Labute approximate surface area is 180 Å². The molecule has 0 atom stereocenters. The Morgan fingerprint density at radius 3 is 1.79 bits per heavy atom. The molecular formula is C22H12F9O2.